The minimum atomic E-state index is -0.816. The third-order valence-corrected chi connectivity index (χ3v) is 15.4. The second kappa shape index (κ2) is 47.4. The smallest absolute Gasteiger partial charge is 0.305 e. The van der Waals surface area contributed by atoms with E-state index in [0.717, 1.165) is 106 Å². The number of ether oxygens (including phenoxy) is 4. The molecule has 0 amide bonds. The molecule has 0 heterocycles. The maximum Gasteiger partial charge on any atom is 0.305 e. The van der Waals surface area contributed by atoms with Crippen LogP contribution in [0.25, 0.3) is 0 Å². The molecule has 8 heteroatoms. The number of unbranched alkanes of at least 4 members (excludes halogenated alkanes) is 17. The molecule has 8 nitrogen and oxygen atoms in total. The molecular formula is C68H113NO7. The number of carbonyl (C=O) groups excluding carboxylic acids is 2. The largest absolute Gasteiger partial charge is 0.497 e. The first-order valence-electron chi connectivity index (χ1n) is 31.2. The highest BCUT2D eigenvalue weighted by Gasteiger charge is 2.37. The van der Waals surface area contributed by atoms with Gasteiger partial charge in [-0.3, -0.25) is 4.79 Å². The Balaban J connectivity index is 0.000000991. The molecule has 1 N–H and O–H groups in total. The van der Waals surface area contributed by atoms with Gasteiger partial charge in [0.25, 0.3) is 0 Å². The van der Waals surface area contributed by atoms with Crippen molar-refractivity contribution in [1.29, 1.82) is 0 Å². The highest BCUT2D eigenvalue weighted by molar-refractivity contribution is 5.69. The van der Waals surface area contributed by atoms with E-state index >= 15 is 0 Å². The van der Waals surface area contributed by atoms with Crippen LogP contribution >= 0.6 is 0 Å². The average Bonchev–Trinajstić information content (AvgIpc) is 3.47. The molecule has 0 saturated heterocycles. The third kappa shape index (κ3) is 31.7. The summed E-state index contributed by atoms with van der Waals surface area (Å²) in [7, 11) is 3.50. The lowest BCUT2D eigenvalue weighted by Crippen LogP contribution is -2.36. The summed E-state index contributed by atoms with van der Waals surface area (Å²) in [5, 5.41) is 11.2. The molecule has 0 aromatic heterocycles. The molecule has 76 heavy (non-hydrogen) atoms. The number of rotatable bonds is 49. The van der Waals surface area contributed by atoms with Gasteiger partial charge in [-0.2, -0.15) is 0 Å². The molecule has 0 fully saturated rings. The highest BCUT2D eigenvalue weighted by atomic mass is 16.5. The van der Waals surface area contributed by atoms with Crippen molar-refractivity contribution in [2.24, 2.45) is 11.8 Å². The van der Waals surface area contributed by atoms with Crippen LogP contribution in [-0.2, 0) is 29.4 Å². The van der Waals surface area contributed by atoms with Gasteiger partial charge in [0.05, 0.1) is 19.8 Å². The second-order valence-electron chi connectivity index (χ2n) is 21.8. The molecule has 0 aliphatic carbocycles. The summed E-state index contributed by atoms with van der Waals surface area (Å²) in [4.78, 5) is 25.8. The number of carbonyl (C=O) groups is 2. The maximum absolute atomic E-state index is 12.6. The van der Waals surface area contributed by atoms with E-state index in [9.17, 15) is 14.7 Å². The van der Waals surface area contributed by atoms with Crippen molar-refractivity contribution in [3.63, 3.8) is 0 Å². The standard InChI is InChI=1S/C52H79NO6.C16H34O/c1-4-6-8-10-16-27-45(26-15-7-5-2)38-43-58-51(56)33-22-21-32-49(55)44-53(39-23-11-9-12-24-41-54)40-25-42-59-52(46-28-17-13-18-29-46,47-30-19-14-20-31-47)48-34-36-50(57-3)37-35-48;1-4-6-8-9-11-13-16(14-15-17-3)12-10-7-5-2/h13-14,17-20,28-31,34-37,41,45,49,55H,4-12,15-16,21-27,32-33,38-40,42-44H2,1-3H3;16H,4-15H2,1-3H3. The van der Waals surface area contributed by atoms with E-state index in [1.165, 1.54) is 135 Å². The normalized spacial score (nSPS) is 12.7. The number of nitrogens with zero attached hydrogens (tertiary/aromatic N) is 1. The molecule has 0 spiro atoms. The van der Waals surface area contributed by atoms with Gasteiger partial charge in [0.1, 0.15) is 17.6 Å². The molecule has 0 aliphatic rings. The van der Waals surface area contributed by atoms with E-state index in [1.54, 1.807) is 7.11 Å². The Morgan fingerprint density at radius 3 is 1.50 bits per heavy atom. The van der Waals surface area contributed by atoms with Crippen LogP contribution in [0.4, 0.5) is 0 Å². The van der Waals surface area contributed by atoms with Gasteiger partial charge in [-0.25, -0.2) is 0 Å². The van der Waals surface area contributed by atoms with Crippen molar-refractivity contribution in [2.45, 2.75) is 245 Å². The summed E-state index contributed by atoms with van der Waals surface area (Å²) >= 11 is 0. The zero-order valence-electron chi connectivity index (χ0n) is 49.6. The van der Waals surface area contributed by atoms with Crippen molar-refractivity contribution in [2.75, 3.05) is 53.7 Å². The molecule has 3 rings (SSSR count). The Kier molecular flexibility index (Phi) is 42.8. The summed E-state index contributed by atoms with van der Waals surface area (Å²) in [6.45, 7) is 13.3. The molecule has 3 unspecified atom stereocenters. The van der Waals surface area contributed by atoms with Crippen molar-refractivity contribution in [1.82, 2.24) is 4.90 Å². The van der Waals surface area contributed by atoms with E-state index in [1.807, 2.05) is 31.4 Å². The maximum atomic E-state index is 12.6. The lowest BCUT2D eigenvalue weighted by molar-refractivity contribution is -0.144. The summed E-state index contributed by atoms with van der Waals surface area (Å²) in [6.07, 6.45) is 37.7. The molecule has 0 aliphatic heterocycles. The van der Waals surface area contributed by atoms with Crippen LogP contribution in [-0.4, -0.2) is 82.0 Å². The number of aliphatic hydroxyl groups is 1. The summed E-state index contributed by atoms with van der Waals surface area (Å²) in [5.41, 5.74) is 2.33. The van der Waals surface area contributed by atoms with Gasteiger partial charge in [0, 0.05) is 46.3 Å². The molecule has 3 atom stereocenters. The fourth-order valence-corrected chi connectivity index (χ4v) is 10.7. The fourth-order valence-electron chi connectivity index (χ4n) is 10.7. The highest BCUT2D eigenvalue weighted by Crippen LogP contribution is 2.41. The van der Waals surface area contributed by atoms with Crippen LogP contribution in [0.5, 0.6) is 5.75 Å². The topological polar surface area (TPSA) is 94.5 Å². The Bertz CT molecular complexity index is 1700. The van der Waals surface area contributed by atoms with Gasteiger partial charge < -0.3 is 33.7 Å². The molecular weight excluding hydrogens is 943 g/mol. The number of methoxy groups -OCH3 is 2. The van der Waals surface area contributed by atoms with Gasteiger partial charge in [0.2, 0.25) is 0 Å². The number of benzene rings is 3. The summed E-state index contributed by atoms with van der Waals surface area (Å²) in [6, 6.07) is 29.0. The lowest BCUT2D eigenvalue weighted by Gasteiger charge is -2.36. The molecule has 0 saturated carbocycles. The van der Waals surface area contributed by atoms with Gasteiger partial charge in [0.15, 0.2) is 0 Å². The van der Waals surface area contributed by atoms with Crippen LogP contribution in [0.15, 0.2) is 84.9 Å². The number of esters is 1. The molecule has 0 radical (unpaired) electrons. The Morgan fingerprint density at radius 2 is 0.974 bits per heavy atom. The van der Waals surface area contributed by atoms with Crippen molar-refractivity contribution < 1.29 is 33.6 Å². The zero-order valence-corrected chi connectivity index (χ0v) is 49.6. The number of aldehydes is 1. The minimum absolute atomic E-state index is 0.109. The summed E-state index contributed by atoms with van der Waals surface area (Å²) < 4.78 is 23.5. The Morgan fingerprint density at radius 1 is 0.513 bits per heavy atom. The molecule has 432 valence electrons. The third-order valence-electron chi connectivity index (χ3n) is 15.4. The fraction of sp³-hybridized carbons (Fsp3) is 0.706. The van der Waals surface area contributed by atoms with Crippen LogP contribution in [0.1, 0.15) is 250 Å². The average molecular weight is 1060 g/mol. The first kappa shape index (κ1) is 68.5. The van der Waals surface area contributed by atoms with Crippen molar-refractivity contribution in [3.05, 3.63) is 102 Å². The monoisotopic (exact) mass is 1060 g/mol. The SMILES string of the molecule is CCCCCCCC(CCCCC)CCOC.CCCCCCCC(CCCCC)CCOC(=O)CCCCC(O)CN(CCCCCCC=O)CCCOC(c1ccccc1)(c1ccccc1)c1ccc(OC)cc1. The second-order valence-corrected chi connectivity index (χ2v) is 21.8. The predicted octanol–water partition coefficient (Wildman–Crippen LogP) is 17.8. The minimum Gasteiger partial charge on any atom is -0.497 e. The van der Waals surface area contributed by atoms with Crippen LogP contribution < -0.4 is 4.74 Å². The van der Waals surface area contributed by atoms with Crippen molar-refractivity contribution >= 4 is 12.3 Å². The summed E-state index contributed by atoms with van der Waals surface area (Å²) in [5.74, 6) is 2.26. The first-order valence-corrected chi connectivity index (χ1v) is 31.2. The number of hydrogen-bond donors (Lipinski definition) is 1. The Hall–Kier alpha value is -3.56. The van der Waals surface area contributed by atoms with Gasteiger partial charge in [-0.1, -0.05) is 248 Å². The predicted molar refractivity (Wildman–Crippen MR) is 320 cm³/mol. The molecule has 0 bridgehead atoms. The van der Waals surface area contributed by atoms with Gasteiger partial charge >= 0.3 is 5.97 Å². The Labute approximate surface area is 466 Å². The van der Waals surface area contributed by atoms with Gasteiger partial charge in [-0.15, -0.1) is 0 Å². The van der Waals surface area contributed by atoms with E-state index in [4.69, 9.17) is 18.9 Å². The van der Waals surface area contributed by atoms with Crippen molar-refractivity contribution in [3.8, 4) is 5.75 Å². The first-order chi connectivity index (χ1) is 37.3. The van der Waals surface area contributed by atoms with E-state index in [0.29, 0.717) is 44.9 Å². The number of hydrogen-bond acceptors (Lipinski definition) is 8. The number of aliphatic hydroxyl groups excluding tert-OH is 1. The van der Waals surface area contributed by atoms with Crippen LogP contribution in [0.2, 0.25) is 0 Å². The van der Waals surface area contributed by atoms with E-state index < -0.39 is 11.7 Å². The quantitative estimate of drug-likeness (QED) is 0.0259. The van der Waals surface area contributed by atoms with Gasteiger partial charge in [-0.05, 0) is 92.1 Å². The van der Waals surface area contributed by atoms with E-state index in [2.05, 4.69) is 93.3 Å². The molecule has 3 aromatic rings. The molecule has 3 aromatic carbocycles. The van der Waals surface area contributed by atoms with E-state index in [-0.39, 0.29) is 5.97 Å². The van der Waals surface area contributed by atoms with Crippen LogP contribution in [0.3, 0.4) is 0 Å². The zero-order chi connectivity index (χ0) is 55.0. The lowest BCUT2D eigenvalue weighted by atomic mass is 9.80. The van der Waals surface area contributed by atoms with Crippen LogP contribution in [0, 0.1) is 11.8 Å².